The molecule has 0 bridgehead atoms. The molecule has 0 aliphatic rings. The molecule has 0 amide bonds. The van der Waals surface area contributed by atoms with E-state index in [9.17, 15) is 0 Å². The van der Waals surface area contributed by atoms with Crippen molar-refractivity contribution in [3.63, 3.8) is 0 Å². The van der Waals surface area contributed by atoms with Crippen LogP contribution >= 0.6 is 20.8 Å². The summed E-state index contributed by atoms with van der Waals surface area (Å²) in [6, 6.07) is 33.5. The van der Waals surface area contributed by atoms with E-state index in [0.29, 0.717) is 6.42 Å². The number of halogens is 1. The Labute approximate surface area is 252 Å². The molecule has 2 nitrogen and oxygen atoms in total. The molecule has 0 atom stereocenters. The van der Waals surface area contributed by atoms with Crippen LogP contribution in [0.4, 0.5) is 0 Å². The Balaban J connectivity index is 1.40. The van der Waals surface area contributed by atoms with Crippen LogP contribution < -0.4 is 15.9 Å². The number of benzene rings is 3. The van der Waals surface area contributed by atoms with Gasteiger partial charge in [0.05, 0.1) is 0 Å². The second kappa shape index (κ2) is 18.1. The molecule has 0 unspecified atom stereocenters. The standard InChI is InChI=1S/C36H52BrO2P/c37-40(33-25-17-14-18-26-33,34-27-19-15-20-28-34,35-29-21-16-22-30-35)32-24-13-11-9-7-5-3-1-2-4-6-8-10-12-23-31-36(38)39/h14-22,25-30,36,38-39H,1-13,23-24,31-32H2. The minimum atomic E-state index is -2.76. The van der Waals surface area contributed by atoms with Crippen LogP contribution in [0.15, 0.2) is 91.0 Å². The first-order chi connectivity index (χ1) is 19.6. The fraction of sp³-hybridized carbons (Fsp3) is 0.500. The molecule has 0 saturated carbocycles. The van der Waals surface area contributed by atoms with Gasteiger partial charge in [-0.25, -0.2) is 0 Å². The van der Waals surface area contributed by atoms with Crippen molar-refractivity contribution < 1.29 is 10.2 Å². The van der Waals surface area contributed by atoms with Crippen LogP contribution in [0.2, 0.25) is 0 Å². The SMILES string of the molecule is OC(O)CCCCCCCCCCCCCCCCCP(Br)(c1ccccc1)(c1ccccc1)c1ccccc1. The molecular formula is C36H52BrO2P. The topological polar surface area (TPSA) is 40.5 Å². The van der Waals surface area contributed by atoms with E-state index >= 15 is 0 Å². The molecule has 40 heavy (non-hydrogen) atoms. The van der Waals surface area contributed by atoms with Crippen molar-refractivity contribution in [1.82, 2.24) is 0 Å². The first-order valence-corrected chi connectivity index (χ1v) is 20.3. The van der Waals surface area contributed by atoms with Crippen LogP contribution in [0.1, 0.15) is 103 Å². The molecule has 3 aromatic carbocycles. The van der Waals surface area contributed by atoms with Crippen molar-refractivity contribution in [3.8, 4) is 0 Å². The van der Waals surface area contributed by atoms with E-state index < -0.39 is 11.6 Å². The van der Waals surface area contributed by atoms with Crippen molar-refractivity contribution in [2.24, 2.45) is 0 Å². The summed E-state index contributed by atoms with van der Waals surface area (Å²) >= 11 is 4.58. The van der Waals surface area contributed by atoms with Gasteiger partial charge in [0.2, 0.25) is 0 Å². The van der Waals surface area contributed by atoms with Gasteiger partial charge >= 0.3 is 204 Å². The predicted molar refractivity (Wildman–Crippen MR) is 181 cm³/mol. The van der Waals surface area contributed by atoms with E-state index in [1.165, 1.54) is 99.4 Å². The number of unbranched alkanes of at least 4 members (excludes halogenated alkanes) is 14. The molecule has 0 spiro atoms. The summed E-state index contributed by atoms with van der Waals surface area (Å²) < 4.78 is 0. The van der Waals surface area contributed by atoms with Crippen LogP contribution in [0.25, 0.3) is 0 Å². The average Bonchev–Trinajstić information content (AvgIpc) is 3.00. The predicted octanol–water partition coefficient (Wildman–Crippen LogP) is 9.38. The Morgan fingerprint density at radius 2 is 0.700 bits per heavy atom. The normalized spacial score (nSPS) is 12.8. The second-order valence-corrected chi connectivity index (χ2v) is 20.5. The molecule has 0 saturated heterocycles. The van der Waals surface area contributed by atoms with Crippen LogP contribution in [0.5, 0.6) is 0 Å². The maximum absolute atomic E-state index is 8.88. The van der Waals surface area contributed by atoms with E-state index in [1.807, 2.05) is 0 Å². The summed E-state index contributed by atoms with van der Waals surface area (Å²) in [6.07, 6.45) is 19.9. The van der Waals surface area contributed by atoms with Crippen molar-refractivity contribution in [2.45, 2.75) is 109 Å². The van der Waals surface area contributed by atoms with Crippen LogP contribution in [0.3, 0.4) is 0 Å². The zero-order chi connectivity index (χ0) is 28.4. The Kier molecular flexibility index (Phi) is 14.9. The number of rotatable bonds is 21. The molecule has 0 aliphatic carbocycles. The van der Waals surface area contributed by atoms with E-state index in [0.717, 1.165) is 19.0 Å². The van der Waals surface area contributed by atoms with E-state index in [-0.39, 0.29) is 0 Å². The Bertz CT molecular complexity index is 943. The van der Waals surface area contributed by atoms with Gasteiger partial charge in [0, 0.05) is 0 Å². The molecular weight excluding hydrogens is 575 g/mol. The van der Waals surface area contributed by atoms with Gasteiger partial charge in [-0.15, -0.1) is 0 Å². The van der Waals surface area contributed by atoms with Crippen LogP contribution in [-0.2, 0) is 0 Å². The molecule has 0 heterocycles. The summed E-state index contributed by atoms with van der Waals surface area (Å²) in [5.74, 6) is 0. The summed E-state index contributed by atoms with van der Waals surface area (Å²) in [5.41, 5.74) is 0. The zero-order valence-corrected chi connectivity index (χ0v) is 27.0. The molecule has 0 radical (unpaired) electrons. The second-order valence-electron chi connectivity index (χ2n) is 11.5. The van der Waals surface area contributed by atoms with Crippen LogP contribution in [-0.4, -0.2) is 22.7 Å². The minimum absolute atomic E-state index is 0.522. The monoisotopic (exact) mass is 626 g/mol. The molecule has 0 aromatic heterocycles. The van der Waals surface area contributed by atoms with Gasteiger partial charge in [0.15, 0.2) is 6.29 Å². The quantitative estimate of drug-likeness (QED) is 0.0702. The Morgan fingerprint density at radius 1 is 0.425 bits per heavy atom. The number of hydrogen-bond donors (Lipinski definition) is 2. The number of aliphatic hydroxyl groups is 2. The van der Waals surface area contributed by atoms with Gasteiger partial charge in [-0.05, 0) is 12.8 Å². The van der Waals surface area contributed by atoms with Gasteiger partial charge < -0.3 is 10.2 Å². The summed E-state index contributed by atoms with van der Waals surface area (Å²) in [7, 11) is 0. The maximum atomic E-state index is 8.88. The zero-order valence-electron chi connectivity index (χ0n) is 24.5. The summed E-state index contributed by atoms with van der Waals surface area (Å²) in [6.45, 7) is 0. The van der Waals surface area contributed by atoms with Crippen molar-refractivity contribution in [1.29, 1.82) is 0 Å². The van der Waals surface area contributed by atoms with Gasteiger partial charge in [-0.3, -0.25) is 0 Å². The third-order valence-corrected chi connectivity index (χ3v) is 18.5. The fourth-order valence-corrected chi connectivity index (χ4v) is 13.8. The Morgan fingerprint density at radius 3 is 1.00 bits per heavy atom. The molecule has 0 fully saturated rings. The van der Waals surface area contributed by atoms with E-state index in [2.05, 4.69) is 106 Å². The summed E-state index contributed by atoms with van der Waals surface area (Å²) in [4.78, 5) is 0. The molecule has 3 rings (SSSR count). The first kappa shape index (κ1) is 33.0. The van der Waals surface area contributed by atoms with Gasteiger partial charge in [0.25, 0.3) is 0 Å². The molecule has 3 aromatic rings. The van der Waals surface area contributed by atoms with Gasteiger partial charge in [-0.2, -0.15) is 0 Å². The van der Waals surface area contributed by atoms with E-state index in [4.69, 9.17) is 10.2 Å². The molecule has 4 heteroatoms. The molecule has 220 valence electrons. The van der Waals surface area contributed by atoms with Crippen molar-refractivity contribution >= 4 is 36.7 Å². The number of aliphatic hydroxyl groups excluding tert-OH is 1. The van der Waals surface area contributed by atoms with E-state index in [1.54, 1.807) is 0 Å². The number of hydrogen-bond acceptors (Lipinski definition) is 2. The van der Waals surface area contributed by atoms with Crippen molar-refractivity contribution in [3.05, 3.63) is 91.0 Å². The van der Waals surface area contributed by atoms with Crippen LogP contribution in [0, 0.1) is 0 Å². The third-order valence-electron chi connectivity index (χ3n) is 8.42. The molecule has 0 aliphatic heterocycles. The molecule has 2 N–H and O–H groups in total. The average molecular weight is 628 g/mol. The first-order valence-electron chi connectivity index (χ1n) is 15.8. The summed E-state index contributed by atoms with van der Waals surface area (Å²) in [5, 5.41) is 19.3. The van der Waals surface area contributed by atoms with Gasteiger partial charge in [-0.1, -0.05) is 19.3 Å². The Hall–Kier alpha value is -1.51. The third kappa shape index (κ3) is 9.80. The van der Waals surface area contributed by atoms with Crippen molar-refractivity contribution in [2.75, 3.05) is 6.16 Å². The fourth-order valence-electron chi connectivity index (χ4n) is 6.08. The van der Waals surface area contributed by atoms with Gasteiger partial charge in [0.1, 0.15) is 0 Å².